The van der Waals surface area contributed by atoms with Crippen LogP contribution in [0.25, 0.3) is 10.6 Å². The molecule has 3 aromatic rings. The Kier molecular flexibility index (Phi) is 4.43. The average molecular weight is 399 g/mol. The van der Waals surface area contributed by atoms with Crippen LogP contribution in [0.3, 0.4) is 0 Å². The predicted octanol–water partition coefficient (Wildman–Crippen LogP) is 4.06. The number of urea groups is 1. The second kappa shape index (κ2) is 6.79. The van der Waals surface area contributed by atoms with Crippen LogP contribution in [0, 0.1) is 11.6 Å². The normalized spacial score (nSPS) is 19.2. The monoisotopic (exact) mass is 399 g/mol. The van der Waals surface area contributed by atoms with Gasteiger partial charge in [0.2, 0.25) is 0 Å². The van der Waals surface area contributed by atoms with Crippen molar-refractivity contribution in [1.29, 1.82) is 0 Å². The molecular formula is C20H15F2N3O2S. The average Bonchev–Trinajstić information content (AvgIpc) is 3.22. The molecular weight excluding hydrogens is 384 g/mol. The highest BCUT2D eigenvalue weighted by molar-refractivity contribution is 7.13. The fourth-order valence-electron chi connectivity index (χ4n) is 3.09. The molecule has 142 valence electrons. The SMILES string of the molecule is C[C@@]1(c2ccc(F)cc2)NC(=O)N(Cc2csc(-c3ccc(F)cc3)n2)C1=O. The number of amides is 3. The molecule has 1 aliphatic rings. The Morgan fingerprint density at radius 3 is 2.29 bits per heavy atom. The number of halogens is 2. The van der Waals surface area contributed by atoms with Crippen LogP contribution in [-0.4, -0.2) is 21.8 Å². The Bertz CT molecular complexity index is 1050. The number of carbonyl (C=O) groups excluding carboxylic acids is 2. The number of thiazole rings is 1. The van der Waals surface area contributed by atoms with E-state index in [1.54, 1.807) is 24.4 Å². The van der Waals surface area contributed by atoms with E-state index >= 15 is 0 Å². The van der Waals surface area contributed by atoms with E-state index in [-0.39, 0.29) is 12.4 Å². The Balaban J connectivity index is 1.55. The zero-order chi connectivity index (χ0) is 19.9. The van der Waals surface area contributed by atoms with Crippen molar-refractivity contribution in [3.8, 4) is 10.6 Å². The van der Waals surface area contributed by atoms with Gasteiger partial charge in [-0.05, 0) is 48.9 Å². The van der Waals surface area contributed by atoms with Crippen LogP contribution in [-0.2, 0) is 16.9 Å². The van der Waals surface area contributed by atoms with Crippen LogP contribution in [0.2, 0.25) is 0 Å². The molecule has 1 N–H and O–H groups in total. The minimum absolute atomic E-state index is 0.0130. The van der Waals surface area contributed by atoms with Crippen LogP contribution in [0.1, 0.15) is 18.2 Å². The summed E-state index contributed by atoms with van der Waals surface area (Å²) >= 11 is 1.35. The minimum Gasteiger partial charge on any atom is -0.319 e. The van der Waals surface area contributed by atoms with Gasteiger partial charge in [-0.3, -0.25) is 9.69 Å². The second-order valence-electron chi connectivity index (χ2n) is 6.60. The number of aromatic nitrogens is 1. The largest absolute Gasteiger partial charge is 0.325 e. The smallest absolute Gasteiger partial charge is 0.319 e. The van der Waals surface area contributed by atoms with Crippen LogP contribution < -0.4 is 5.32 Å². The van der Waals surface area contributed by atoms with Gasteiger partial charge in [-0.15, -0.1) is 11.3 Å². The van der Waals surface area contributed by atoms with Gasteiger partial charge in [0, 0.05) is 10.9 Å². The van der Waals surface area contributed by atoms with Crippen LogP contribution in [0.15, 0.2) is 53.9 Å². The van der Waals surface area contributed by atoms with Crippen LogP contribution >= 0.6 is 11.3 Å². The third-order valence-corrected chi connectivity index (χ3v) is 5.60. The Morgan fingerprint density at radius 1 is 1.04 bits per heavy atom. The lowest BCUT2D eigenvalue weighted by Gasteiger charge is -2.22. The Morgan fingerprint density at radius 2 is 1.64 bits per heavy atom. The lowest BCUT2D eigenvalue weighted by atomic mass is 9.92. The molecule has 1 aromatic heterocycles. The number of nitrogens with zero attached hydrogens (tertiary/aromatic N) is 2. The highest BCUT2D eigenvalue weighted by Crippen LogP contribution is 2.31. The van der Waals surface area contributed by atoms with Crippen LogP contribution in [0.4, 0.5) is 13.6 Å². The van der Waals surface area contributed by atoms with E-state index in [1.807, 2.05) is 0 Å². The van der Waals surface area contributed by atoms with E-state index in [0.717, 1.165) is 10.5 Å². The lowest BCUT2D eigenvalue weighted by Crippen LogP contribution is -2.40. The van der Waals surface area contributed by atoms with Crippen molar-refractivity contribution in [3.05, 3.63) is 76.8 Å². The first kappa shape index (κ1) is 18.2. The van der Waals surface area contributed by atoms with E-state index in [9.17, 15) is 18.4 Å². The van der Waals surface area contributed by atoms with Crippen molar-refractivity contribution >= 4 is 23.3 Å². The zero-order valence-electron chi connectivity index (χ0n) is 14.8. The molecule has 5 nitrogen and oxygen atoms in total. The Hall–Kier alpha value is -3.13. The molecule has 3 amide bonds. The summed E-state index contributed by atoms with van der Waals surface area (Å²) in [6, 6.07) is 10.9. The molecule has 4 rings (SSSR count). The van der Waals surface area contributed by atoms with Gasteiger partial charge in [-0.2, -0.15) is 0 Å². The van der Waals surface area contributed by atoms with Crippen molar-refractivity contribution in [2.45, 2.75) is 19.0 Å². The number of hydrogen-bond acceptors (Lipinski definition) is 4. The first-order valence-corrected chi connectivity index (χ1v) is 9.35. The molecule has 1 aliphatic heterocycles. The first-order chi connectivity index (χ1) is 13.4. The number of hydrogen-bond donors (Lipinski definition) is 1. The van der Waals surface area contributed by atoms with Crippen molar-refractivity contribution in [2.75, 3.05) is 0 Å². The molecule has 1 atom stereocenters. The van der Waals surface area contributed by atoms with Crippen molar-refractivity contribution in [2.24, 2.45) is 0 Å². The van der Waals surface area contributed by atoms with Crippen molar-refractivity contribution in [3.63, 3.8) is 0 Å². The van der Waals surface area contributed by atoms with Gasteiger partial charge in [0.25, 0.3) is 5.91 Å². The summed E-state index contributed by atoms with van der Waals surface area (Å²) in [7, 11) is 0. The fraction of sp³-hybridized carbons (Fsp3) is 0.150. The van der Waals surface area contributed by atoms with Gasteiger partial charge in [0.1, 0.15) is 22.2 Å². The molecule has 2 aromatic carbocycles. The molecule has 2 heterocycles. The van der Waals surface area contributed by atoms with Gasteiger partial charge >= 0.3 is 6.03 Å². The van der Waals surface area contributed by atoms with E-state index in [2.05, 4.69) is 10.3 Å². The van der Waals surface area contributed by atoms with Crippen molar-refractivity contribution in [1.82, 2.24) is 15.2 Å². The molecule has 28 heavy (non-hydrogen) atoms. The molecule has 1 saturated heterocycles. The van der Waals surface area contributed by atoms with Gasteiger partial charge in [0.15, 0.2) is 0 Å². The van der Waals surface area contributed by atoms with Crippen LogP contribution in [0.5, 0.6) is 0 Å². The zero-order valence-corrected chi connectivity index (χ0v) is 15.6. The molecule has 8 heteroatoms. The summed E-state index contributed by atoms with van der Waals surface area (Å²) in [5, 5.41) is 5.11. The molecule has 1 fully saturated rings. The number of carbonyl (C=O) groups is 2. The third-order valence-electron chi connectivity index (χ3n) is 4.66. The van der Waals surface area contributed by atoms with Gasteiger partial charge in [-0.25, -0.2) is 18.6 Å². The number of imide groups is 1. The van der Waals surface area contributed by atoms with Gasteiger partial charge < -0.3 is 5.32 Å². The molecule has 0 unspecified atom stereocenters. The van der Waals surface area contributed by atoms with E-state index in [4.69, 9.17) is 0 Å². The third kappa shape index (κ3) is 3.16. The summed E-state index contributed by atoms with van der Waals surface area (Å²) in [6.07, 6.45) is 0. The molecule has 0 aliphatic carbocycles. The number of benzene rings is 2. The molecule has 0 spiro atoms. The van der Waals surface area contributed by atoms with Crippen molar-refractivity contribution < 1.29 is 18.4 Å². The lowest BCUT2D eigenvalue weighted by molar-refractivity contribution is -0.131. The first-order valence-electron chi connectivity index (χ1n) is 8.47. The fourth-order valence-corrected chi connectivity index (χ4v) is 3.90. The highest BCUT2D eigenvalue weighted by Gasteiger charge is 2.49. The number of nitrogens with one attached hydrogen (secondary N) is 1. The predicted molar refractivity (Wildman–Crippen MR) is 100 cm³/mol. The molecule has 0 saturated carbocycles. The maximum atomic E-state index is 13.2. The van der Waals surface area contributed by atoms with Gasteiger partial charge in [-0.1, -0.05) is 12.1 Å². The van der Waals surface area contributed by atoms with E-state index in [0.29, 0.717) is 16.3 Å². The maximum Gasteiger partial charge on any atom is 0.325 e. The summed E-state index contributed by atoms with van der Waals surface area (Å²) in [6.45, 7) is 1.60. The van der Waals surface area contributed by atoms with E-state index < -0.39 is 23.3 Å². The molecule has 0 radical (unpaired) electrons. The van der Waals surface area contributed by atoms with Gasteiger partial charge in [0.05, 0.1) is 12.2 Å². The standard InChI is InChI=1S/C20H15F2N3O2S/c1-20(13-4-8-15(22)9-5-13)18(26)25(19(27)24-20)10-16-11-28-17(23-16)12-2-6-14(21)7-3-12/h2-9,11H,10H2,1H3,(H,24,27)/t20-/m0/s1. The summed E-state index contributed by atoms with van der Waals surface area (Å²) < 4.78 is 26.3. The second-order valence-corrected chi connectivity index (χ2v) is 7.46. The topological polar surface area (TPSA) is 62.3 Å². The summed E-state index contributed by atoms with van der Waals surface area (Å²) in [4.78, 5) is 30.9. The summed E-state index contributed by atoms with van der Waals surface area (Å²) in [5.74, 6) is -1.18. The minimum atomic E-state index is -1.26. The number of rotatable bonds is 4. The maximum absolute atomic E-state index is 13.2. The Labute approximate surface area is 163 Å². The summed E-state index contributed by atoms with van der Waals surface area (Å²) in [5.41, 5.74) is 0.544. The van der Waals surface area contributed by atoms with E-state index in [1.165, 1.54) is 47.7 Å². The quantitative estimate of drug-likeness (QED) is 0.673. The highest BCUT2D eigenvalue weighted by atomic mass is 32.1. The molecule has 0 bridgehead atoms.